The van der Waals surface area contributed by atoms with Crippen LogP contribution in [0.15, 0.2) is 65.8 Å². The van der Waals surface area contributed by atoms with Gasteiger partial charge in [0.2, 0.25) is 21.9 Å². The number of pyridine rings is 1. The third-order valence-electron chi connectivity index (χ3n) is 4.30. The molecule has 0 saturated heterocycles. The van der Waals surface area contributed by atoms with Crippen molar-refractivity contribution in [3.05, 3.63) is 72.4 Å². The molecule has 2 aromatic heterocycles. The first kappa shape index (κ1) is 18.9. The topological polar surface area (TPSA) is 111 Å². The quantitative estimate of drug-likeness (QED) is 0.499. The lowest BCUT2D eigenvalue weighted by atomic mass is 10.0. The highest BCUT2D eigenvalue weighted by Crippen LogP contribution is 2.29. The maximum Gasteiger partial charge on any atom is 0.238 e. The summed E-state index contributed by atoms with van der Waals surface area (Å²) >= 11 is 0. The van der Waals surface area contributed by atoms with Crippen LogP contribution in [0.2, 0.25) is 0 Å². The van der Waals surface area contributed by atoms with Gasteiger partial charge in [-0.15, -0.1) is 0 Å². The molecule has 4 rings (SSSR count). The summed E-state index contributed by atoms with van der Waals surface area (Å²) in [7, 11) is -3.76. The number of nitrogens with one attached hydrogen (secondary N) is 1. The second kappa shape index (κ2) is 7.19. The standard InChI is InChI=1S/C20H16FN5O2S/c1-12-8-14-11-24-20(25-15-3-5-16(6-4-15)29(22,27)28)26-19(14)17(9-12)13-2-7-18(21)23-10-13/h2-11H,1H3,(H2,22,27,28)(H,24,25,26). The zero-order chi connectivity index (χ0) is 20.6. The van der Waals surface area contributed by atoms with Gasteiger partial charge >= 0.3 is 0 Å². The molecular formula is C20H16FN5O2S. The summed E-state index contributed by atoms with van der Waals surface area (Å²) in [6, 6.07) is 12.8. The van der Waals surface area contributed by atoms with Gasteiger partial charge in [-0.2, -0.15) is 4.39 Å². The van der Waals surface area contributed by atoms with Crippen molar-refractivity contribution in [2.45, 2.75) is 11.8 Å². The smallest absolute Gasteiger partial charge is 0.238 e. The Bertz CT molecular complexity index is 1310. The number of hydrogen-bond donors (Lipinski definition) is 2. The molecule has 0 atom stereocenters. The van der Waals surface area contributed by atoms with Gasteiger partial charge in [-0.25, -0.2) is 28.5 Å². The zero-order valence-electron chi connectivity index (χ0n) is 15.3. The second-order valence-corrected chi connectivity index (χ2v) is 8.07. The van der Waals surface area contributed by atoms with Crippen molar-refractivity contribution in [1.29, 1.82) is 0 Å². The third kappa shape index (κ3) is 4.05. The Morgan fingerprint density at radius 3 is 2.41 bits per heavy atom. The summed E-state index contributed by atoms with van der Waals surface area (Å²) < 4.78 is 36.0. The molecule has 0 amide bonds. The number of fused-ring (bicyclic) bond motifs is 1. The molecule has 0 bridgehead atoms. The van der Waals surface area contributed by atoms with Crippen molar-refractivity contribution >= 4 is 32.6 Å². The van der Waals surface area contributed by atoms with Crippen molar-refractivity contribution in [3.63, 3.8) is 0 Å². The first-order valence-corrected chi connectivity index (χ1v) is 10.1. The molecule has 29 heavy (non-hydrogen) atoms. The Morgan fingerprint density at radius 1 is 1.00 bits per heavy atom. The maximum atomic E-state index is 13.2. The molecular weight excluding hydrogens is 393 g/mol. The van der Waals surface area contributed by atoms with Crippen LogP contribution in [0.25, 0.3) is 22.0 Å². The largest absolute Gasteiger partial charge is 0.324 e. The fourth-order valence-electron chi connectivity index (χ4n) is 2.97. The van der Waals surface area contributed by atoms with Crippen LogP contribution in [-0.2, 0) is 10.0 Å². The Balaban J connectivity index is 1.74. The number of benzene rings is 2. The first-order chi connectivity index (χ1) is 13.8. The van der Waals surface area contributed by atoms with Crippen LogP contribution in [0.5, 0.6) is 0 Å². The van der Waals surface area contributed by atoms with E-state index in [1.165, 1.54) is 24.4 Å². The lowest BCUT2D eigenvalue weighted by Crippen LogP contribution is -2.11. The molecule has 7 nitrogen and oxygen atoms in total. The summed E-state index contributed by atoms with van der Waals surface area (Å²) in [6.07, 6.45) is 3.15. The van der Waals surface area contributed by atoms with Gasteiger partial charge < -0.3 is 5.32 Å². The second-order valence-electron chi connectivity index (χ2n) is 6.51. The van der Waals surface area contributed by atoms with Gasteiger partial charge in [-0.3, -0.25) is 0 Å². The Morgan fingerprint density at radius 2 is 1.76 bits per heavy atom. The highest BCUT2D eigenvalue weighted by molar-refractivity contribution is 7.89. The van der Waals surface area contributed by atoms with Crippen LogP contribution < -0.4 is 10.5 Å². The van der Waals surface area contributed by atoms with E-state index in [1.807, 2.05) is 19.1 Å². The predicted octanol–water partition coefficient (Wildman–Crippen LogP) is 3.53. The predicted molar refractivity (Wildman–Crippen MR) is 109 cm³/mol. The fraction of sp³-hybridized carbons (Fsp3) is 0.0500. The van der Waals surface area contributed by atoms with Gasteiger partial charge in [0.25, 0.3) is 0 Å². The number of anilines is 2. The number of sulfonamides is 1. The van der Waals surface area contributed by atoms with Crippen molar-refractivity contribution in [3.8, 4) is 11.1 Å². The molecule has 0 spiro atoms. The molecule has 3 N–H and O–H groups in total. The number of nitrogens with zero attached hydrogens (tertiary/aromatic N) is 3. The minimum Gasteiger partial charge on any atom is -0.324 e. The van der Waals surface area contributed by atoms with Gasteiger partial charge in [0, 0.05) is 34.6 Å². The molecule has 0 aliphatic carbocycles. The zero-order valence-corrected chi connectivity index (χ0v) is 16.1. The molecule has 0 radical (unpaired) electrons. The van der Waals surface area contributed by atoms with E-state index in [0.717, 1.165) is 22.1 Å². The number of rotatable bonds is 4. The molecule has 9 heteroatoms. The Labute approximate surface area is 166 Å². The minimum absolute atomic E-state index is 0.0176. The van der Waals surface area contributed by atoms with Crippen molar-refractivity contribution in [2.24, 2.45) is 5.14 Å². The van der Waals surface area contributed by atoms with E-state index in [-0.39, 0.29) is 4.90 Å². The molecule has 0 fully saturated rings. The molecule has 0 aliphatic rings. The number of aryl methyl sites for hydroxylation is 1. The van der Waals surface area contributed by atoms with Crippen LogP contribution in [0.4, 0.5) is 16.0 Å². The summed E-state index contributed by atoms with van der Waals surface area (Å²) in [5, 5.41) is 8.99. The average Bonchev–Trinajstić information content (AvgIpc) is 2.68. The van der Waals surface area contributed by atoms with Gasteiger partial charge in [0.1, 0.15) is 0 Å². The van der Waals surface area contributed by atoms with E-state index in [2.05, 4.69) is 20.3 Å². The van der Waals surface area contributed by atoms with Crippen LogP contribution in [0.3, 0.4) is 0 Å². The highest BCUT2D eigenvalue weighted by atomic mass is 32.2. The van der Waals surface area contributed by atoms with Crippen molar-refractivity contribution in [2.75, 3.05) is 5.32 Å². The number of aromatic nitrogens is 3. The molecule has 2 heterocycles. The fourth-order valence-corrected chi connectivity index (χ4v) is 3.48. The number of halogens is 1. The van der Waals surface area contributed by atoms with Gasteiger partial charge in [-0.05, 0) is 61.0 Å². The van der Waals surface area contributed by atoms with Gasteiger partial charge in [0.05, 0.1) is 10.4 Å². The van der Waals surface area contributed by atoms with Crippen LogP contribution in [0.1, 0.15) is 5.56 Å². The van der Waals surface area contributed by atoms with Crippen molar-refractivity contribution in [1.82, 2.24) is 15.0 Å². The highest BCUT2D eigenvalue weighted by Gasteiger charge is 2.11. The van der Waals surface area contributed by atoms with Crippen LogP contribution >= 0.6 is 0 Å². The molecule has 146 valence electrons. The summed E-state index contributed by atoms with van der Waals surface area (Å²) in [5.74, 6) is -0.216. The van der Waals surface area contributed by atoms with E-state index in [0.29, 0.717) is 17.2 Å². The lowest BCUT2D eigenvalue weighted by Gasteiger charge is -2.10. The van der Waals surface area contributed by atoms with E-state index >= 15 is 0 Å². The number of nitrogens with two attached hydrogens (primary N) is 1. The summed E-state index contributed by atoms with van der Waals surface area (Å²) in [6.45, 7) is 1.96. The number of primary sulfonamides is 1. The lowest BCUT2D eigenvalue weighted by molar-refractivity contribution is 0.584. The van der Waals surface area contributed by atoms with E-state index in [1.54, 1.807) is 24.4 Å². The van der Waals surface area contributed by atoms with Gasteiger partial charge in [-0.1, -0.05) is 0 Å². The molecule has 0 aliphatic heterocycles. The first-order valence-electron chi connectivity index (χ1n) is 8.59. The van der Waals surface area contributed by atoms with E-state index in [4.69, 9.17) is 5.14 Å². The van der Waals surface area contributed by atoms with Crippen LogP contribution in [0, 0.1) is 12.9 Å². The molecule has 4 aromatic rings. The average molecular weight is 409 g/mol. The van der Waals surface area contributed by atoms with Crippen molar-refractivity contribution < 1.29 is 12.8 Å². The maximum absolute atomic E-state index is 13.2. The molecule has 2 aromatic carbocycles. The SMILES string of the molecule is Cc1cc(-c2ccc(F)nc2)c2nc(Nc3ccc(S(N)(=O)=O)cc3)ncc2c1. The van der Waals surface area contributed by atoms with Gasteiger partial charge in [0.15, 0.2) is 0 Å². The van der Waals surface area contributed by atoms with Crippen LogP contribution in [-0.4, -0.2) is 23.4 Å². The number of hydrogen-bond acceptors (Lipinski definition) is 6. The van der Waals surface area contributed by atoms with E-state index in [9.17, 15) is 12.8 Å². The molecule has 0 saturated carbocycles. The van der Waals surface area contributed by atoms with E-state index < -0.39 is 16.0 Å². The Kier molecular flexibility index (Phi) is 4.69. The molecule has 0 unspecified atom stereocenters. The monoisotopic (exact) mass is 409 g/mol. The summed E-state index contributed by atoms with van der Waals surface area (Å²) in [4.78, 5) is 12.7. The third-order valence-corrected chi connectivity index (χ3v) is 5.23. The summed E-state index contributed by atoms with van der Waals surface area (Å²) in [5.41, 5.74) is 3.85. The Hall–Kier alpha value is -3.43. The normalized spacial score (nSPS) is 11.6. The minimum atomic E-state index is -3.76.